The van der Waals surface area contributed by atoms with E-state index < -0.39 is 0 Å². The number of aromatic nitrogens is 5. The van der Waals surface area contributed by atoms with Crippen LogP contribution >= 0.6 is 0 Å². The van der Waals surface area contributed by atoms with Gasteiger partial charge in [0, 0.05) is 18.7 Å². The lowest BCUT2D eigenvalue weighted by atomic mass is 10.2. The van der Waals surface area contributed by atoms with Crippen molar-refractivity contribution in [2.24, 2.45) is 0 Å². The van der Waals surface area contributed by atoms with Crippen molar-refractivity contribution >= 4 is 5.91 Å². The number of hydrogen-bond acceptors (Lipinski definition) is 7. The lowest BCUT2D eigenvalue weighted by molar-refractivity contribution is 0.0950. The fourth-order valence-electron chi connectivity index (χ4n) is 3.15. The summed E-state index contributed by atoms with van der Waals surface area (Å²) in [5, 5.41) is 11.2. The normalized spacial score (nSPS) is 11.0. The molecule has 9 nitrogen and oxygen atoms in total. The number of carbonyl (C=O) groups excluding carboxylic acids is 1. The first-order chi connectivity index (χ1) is 15.5. The molecule has 4 aromatic rings. The van der Waals surface area contributed by atoms with Crippen molar-refractivity contribution in [3.8, 4) is 23.0 Å². The SMILES string of the molecule is COc1cccc(CNC(=O)c2cnn(-c3ccc(-c4nc(C(C)C)no4)cn3)c2C)c1. The van der Waals surface area contributed by atoms with Crippen molar-refractivity contribution in [2.45, 2.75) is 33.2 Å². The number of methoxy groups -OCH3 is 1. The Morgan fingerprint density at radius 2 is 2.06 bits per heavy atom. The summed E-state index contributed by atoms with van der Waals surface area (Å²) in [6.07, 6.45) is 3.19. The van der Waals surface area contributed by atoms with Gasteiger partial charge in [-0.1, -0.05) is 31.1 Å². The van der Waals surface area contributed by atoms with Gasteiger partial charge in [-0.15, -0.1) is 0 Å². The number of ether oxygens (including phenoxy) is 1. The van der Waals surface area contributed by atoms with Crippen molar-refractivity contribution in [3.63, 3.8) is 0 Å². The van der Waals surface area contributed by atoms with Gasteiger partial charge in [0.15, 0.2) is 11.6 Å². The molecule has 0 aliphatic heterocycles. The first kappa shape index (κ1) is 21.2. The van der Waals surface area contributed by atoms with Gasteiger partial charge in [0.2, 0.25) is 0 Å². The highest BCUT2D eigenvalue weighted by molar-refractivity contribution is 5.95. The maximum atomic E-state index is 12.7. The third-order valence-electron chi connectivity index (χ3n) is 5.01. The molecule has 0 saturated carbocycles. The molecule has 4 rings (SSSR count). The Balaban J connectivity index is 1.47. The molecule has 3 heterocycles. The van der Waals surface area contributed by atoms with E-state index in [0.29, 0.717) is 40.9 Å². The molecule has 1 aromatic carbocycles. The number of nitrogens with one attached hydrogen (secondary N) is 1. The largest absolute Gasteiger partial charge is 0.497 e. The summed E-state index contributed by atoms with van der Waals surface area (Å²) in [5.41, 5.74) is 2.83. The molecule has 0 radical (unpaired) electrons. The summed E-state index contributed by atoms with van der Waals surface area (Å²) in [4.78, 5) is 21.5. The average molecular weight is 432 g/mol. The van der Waals surface area contributed by atoms with E-state index in [2.05, 4.69) is 25.5 Å². The second kappa shape index (κ2) is 9.01. The Bertz CT molecular complexity index is 1230. The molecule has 0 atom stereocenters. The number of benzene rings is 1. The second-order valence-corrected chi connectivity index (χ2v) is 7.61. The zero-order valence-corrected chi connectivity index (χ0v) is 18.4. The van der Waals surface area contributed by atoms with Crippen LogP contribution in [0.5, 0.6) is 5.75 Å². The number of amides is 1. The first-order valence-corrected chi connectivity index (χ1v) is 10.2. The van der Waals surface area contributed by atoms with Crippen LogP contribution in [0.3, 0.4) is 0 Å². The van der Waals surface area contributed by atoms with E-state index in [1.165, 1.54) is 0 Å². The third-order valence-corrected chi connectivity index (χ3v) is 5.01. The maximum Gasteiger partial charge on any atom is 0.259 e. The van der Waals surface area contributed by atoms with Crippen LogP contribution in [-0.4, -0.2) is 37.9 Å². The van der Waals surface area contributed by atoms with Gasteiger partial charge in [-0.2, -0.15) is 10.1 Å². The van der Waals surface area contributed by atoms with E-state index in [9.17, 15) is 4.79 Å². The molecule has 0 aliphatic carbocycles. The van der Waals surface area contributed by atoms with E-state index in [1.54, 1.807) is 30.3 Å². The quantitative estimate of drug-likeness (QED) is 0.474. The van der Waals surface area contributed by atoms with E-state index in [0.717, 1.165) is 11.3 Å². The van der Waals surface area contributed by atoms with Crippen molar-refractivity contribution < 1.29 is 14.1 Å². The summed E-state index contributed by atoms with van der Waals surface area (Å²) >= 11 is 0. The Kier molecular flexibility index (Phi) is 5.98. The van der Waals surface area contributed by atoms with Crippen LogP contribution in [0.1, 0.15) is 47.2 Å². The van der Waals surface area contributed by atoms with Crippen molar-refractivity contribution in [3.05, 3.63) is 71.4 Å². The van der Waals surface area contributed by atoms with Gasteiger partial charge in [-0.25, -0.2) is 9.67 Å². The van der Waals surface area contributed by atoms with Crippen LogP contribution in [0.25, 0.3) is 17.3 Å². The highest BCUT2D eigenvalue weighted by Gasteiger charge is 2.17. The Morgan fingerprint density at radius 3 is 2.75 bits per heavy atom. The minimum absolute atomic E-state index is 0.181. The summed E-state index contributed by atoms with van der Waals surface area (Å²) < 4.78 is 12.2. The highest BCUT2D eigenvalue weighted by Crippen LogP contribution is 2.21. The van der Waals surface area contributed by atoms with Crippen LogP contribution < -0.4 is 10.1 Å². The van der Waals surface area contributed by atoms with Crippen LogP contribution in [0.15, 0.2) is 53.3 Å². The zero-order valence-electron chi connectivity index (χ0n) is 18.4. The van der Waals surface area contributed by atoms with Gasteiger partial charge in [0.05, 0.1) is 30.1 Å². The van der Waals surface area contributed by atoms with E-state index in [4.69, 9.17) is 9.26 Å². The molecule has 164 valence electrons. The van der Waals surface area contributed by atoms with E-state index >= 15 is 0 Å². The van der Waals surface area contributed by atoms with Crippen molar-refractivity contribution in [2.75, 3.05) is 7.11 Å². The highest BCUT2D eigenvalue weighted by atomic mass is 16.5. The van der Waals surface area contributed by atoms with Crippen LogP contribution in [0, 0.1) is 6.92 Å². The number of rotatable bonds is 7. The minimum Gasteiger partial charge on any atom is -0.497 e. The summed E-state index contributed by atoms with van der Waals surface area (Å²) in [6, 6.07) is 11.2. The van der Waals surface area contributed by atoms with Crippen LogP contribution in [0.2, 0.25) is 0 Å². The lowest BCUT2D eigenvalue weighted by Crippen LogP contribution is -2.23. The fraction of sp³-hybridized carbons (Fsp3) is 0.261. The smallest absolute Gasteiger partial charge is 0.259 e. The molecular formula is C23H24N6O3. The molecule has 0 unspecified atom stereocenters. The fourth-order valence-corrected chi connectivity index (χ4v) is 3.15. The first-order valence-electron chi connectivity index (χ1n) is 10.2. The predicted octanol–water partition coefficient (Wildman–Crippen LogP) is 3.69. The molecule has 1 N–H and O–H groups in total. The van der Waals surface area contributed by atoms with Gasteiger partial charge in [0.1, 0.15) is 5.75 Å². The molecule has 0 bridgehead atoms. The van der Waals surface area contributed by atoms with Gasteiger partial charge >= 0.3 is 0 Å². The van der Waals surface area contributed by atoms with Gasteiger partial charge < -0.3 is 14.6 Å². The molecule has 1 amide bonds. The van der Waals surface area contributed by atoms with Crippen molar-refractivity contribution in [1.29, 1.82) is 0 Å². The molecule has 0 saturated heterocycles. The van der Waals surface area contributed by atoms with Crippen LogP contribution in [0.4, 0.5) is 0 Å². The summed E-state index contributed by atoms with van der Waals surface area (Å²) in [7, 11) is 1.61. The number of nitrogens with zero attached hydrogens (tertiary/aromatic N) is 5. The molecule has 3 aromatic heterocycles. The van der Waals surface area contributed by atoms with Gasteiger partial charge in [-0.05, 0) is 36.8 Å². The van der Waals surface area contributed by atoms with Gasteiger partial charge in [-0.3, -0.25) is 4.79 Å². The standard InChI is InChI=1S/C23H24N6O3/c1-14(2)21-27-23(32-28-21)17-8-9-20(24-12-17)29-15(3)19(13-26-29)22(30)25-11-16-6-5-7-18(10-16)31-4/h5-10,12-14H,11H2,1-4H3,(H,25,30). The predicted molar refractivity (Wildman–Crippen MR) is 118 cm³/mol. The Hall–Kier alpha value is -4.01. The summed E-state index contributed by atoms with van der Waals surface area (Å²) in [5.74, 6) is 2.37. The van der Waals surface area contributed by atoms with E-state index in [-0.39, 0.29) is 11.8 Å². The molecule has 0 fully saturated rings. The molecule has 0 aliphatic rings. The third kappa shape index (κ3) is 4.36. The minimum atomic E-state index is -0.208. The van der Waals surface area contributed by atoms with E-state index in [1.807, 2.05) is 51.1 Å². The maximum absolute atomic E-state index is 12.7. The second-order valence-electron chi connectivity index (χ2n) is 7.61. The Morgan fingerprint density at radius 1 is 1.22 bits per heavy atom. The monoisotopic (exact) mass is 432 g/mol. The number of carbonyl (C=O) groups is 1. The lowest BCUT2D eigenvalue weighted by Gasteiger charge is -2.07. The summed E-state index contributed by atoms with van der Waals surface area (Å²) in [6.45, 7) is 6.22. The van der Waals surface area contributed by atoms with Gasteiger partial charge in [0.25, 0.3) is 11.8 Å². The van der Waals surface area contributed by atoms with Crippen molar-refractivity contribution in [1.82, 2.24) is 30.2 Å². The number of pyridine rings is 1. The molecular weight excluding hydrogens is 408 g/mol. The Labute approximate surface area is 185 Å². The van der Waals surface area contributed by atoms with Crippen LogP contribution in [-0.2, 0) is 6.54 Å². The zero-order chi connectivity index (χ0) is 22.7. The molecule has 0 spiro atoms. The molecule has 32 heavy (non-hydrogen) atoms. The number of hydrogen-bond donors (Lipinski definition) is 1. The topological polar surface area (TPSA) is 108 Å². The molecule has 9 heteroatoms. The average Bonchev–Trinajstić information content (AvgIpc) is 3.45.